The zero-order chi connectivity index (χ0) is 22.9. The Morgan fingerprint density at radius 3 is 2.61 bits per heavy atom. The van der Waals surface area contributed by atoms with Crippen molar-refractivity contribution in [1.29, 1.82) is 0 Å². The van der Waals surface area contributed by atoms with E-state index in [1.807, 2.05) is 62.4 Å². The van der Waals surface area contributed by atoms with Crippen molar-refractivity contribution >= 4 is 16.7 Å². The van der Waals surface area contributed by atoms with Crippen molar-refractivity contribution in [1.82, 2.24) is 19.7 Å². The molecule has 2 N–H and O–H groups in total. The molecule has 1 fully saturated rings. The summed E-state index contributed by atoms with van der Waals surface area (Å²) in [6, 6.07) is 15.5. The molecule has 0 saturated carbocycles. The van der Waals surface area contributed by atoms with Crippen molar-refractivity contribution in [3.8, 4) is 22.8 Å². The van der Waals surface area contributed by atoms with Crippen LogP contribution in [0, 0.1) is 6.92 Å². The van der Waals surface area contributed by atoms with E-state index in [-0.39, 0.29) is 11.7 Å². The van der Waals surface area contributed by atoms with E-state index in [0.717, 1.165) is 42.9 Å². The highest BCUT2D eigenvalue weighted by molar-refractivity contribution is 5.81. The molecular weight excluding hydrogens is 418 g/mol. The van der Waals surface area contributed by atoms with E-state index in [1.165, 1.54) is 0 Å². The molecule has 8 nitrogen and oxygen atoms in total. The first kappa shape index (κ1) is 21.2. The van der Waals surface area contributed by atoms with Crippen LogP contribution in [0.15, 0.2) is 53.3 Å². The van der Waals surface area contributed by atoms with Gasteiger partial charge < -0.3 is 19.7 Å². The predicted molar refractivity (Wildman–Crippen MR) is 128 cm³/mol. The third-order valence-corrected chi connectivity index (χ3v) is 6.05. The van der Waals surface area contributed by atoms with Gasteiger partial charge in [0.15, 0.2) is 5.52 Å². The molecular formula is C25H27N5O3. The highest BCUT2D eigenvalue weighted by Gasteiger charge is 2.21. The van der Waals surface area contributed by atoms with Gasteiger partial charge in [0.1, 0.15) is 17.1 Å². The molecule has 2 aromatic carbocycles. The first-order valence-electron chi connectivity index (χ1n) is 11.3. The minimum atomic E-state index is -0.254. The number of nitrogens with zero attached hydrogens (tertiary/aromatic N) is 4. The zero-order valence-corrected chi connectivity index (χ0v) is 18.8. The highest BCUT2D eigenvalue weighted by atomic mass is 16.5. The molecule has 1 aliphatic rings. The molecule has 0 spiro atoms. The third-order valence-electron chi connectivity index (χ3n) is 6.05. The summed E-state index contributed by atoms with van der Waals surface area (Å²) in [6.45, 7) is 5.87. The maximum atomic E-state index is 13.2. The van der Waals surface area contributed by atoms with Crippen molar-refractivity contribution in [3.05, 3.63) is 64.6 Å². The van der Waals surface area contributed by atoms with Crippen molar-refractivity contribution < 1.29 is 9.84 Å². The van der Waals surface area contributed by atoms with Crippen molar-refractivity contribution in [2.75, 3.05) is 24.6 Å². The molecule has 5 rings (SSSR count). The van der Waals surface area contributed by atoms with Crippen LogP contribution in [0.1, 0.15) is 25.5 Å². The predicted octanol–water partition coefficient (Wildman–Crippen LogP) is 3.44. The average molecular weight is 446 g/mol. The molecule has 1 saturated heterocycles. The molecule has 0 atom stereocenters. The summed E-state index contributed by atoms with van der Waals surface area (Å²) in [5, 5.41) is 14.4. The SMILES string of the molecule is CCOc1cc(N2CCC(O)CC2)ccc1-c1nc2c(C)nn(-c3ccccc3)c2c(=O)[nH]1. The zero-order valence-electron chi connectivity index (χ0n) is 18.8. The molecule has 0 bridgehead atoms. The van der Waals surface area contributed by atoms with Crippen molar-refractivity contribution in [2.24, 2.45) is 0 Å². The smallest absolute Gasteiger partial charge is 0.277 e. The molecule has 2 aromatic heterocycles. The molecule has 33 heavy (non-hydrogen) atoms. The highest BCUT2D eigenvalue weighted by Crippen LogP contribution is 2.33. The van der Waals surface area contributed by atoms with Gasteiger partial charge in [0.25, 0.3) is 5.56 Å². The molecule has 3 heterocycles. The van der Waals surface area contributed by atoms with Crippen LogP contribution in [-0.2, 0) is 0 Å². The van der Waals surface area contributed by atoms with Gasteiger partial charge in [-0.3, -0.25) is 4.79 Å². The second-order valence-electron chi connectivity index (χ2n) is 8.28. The monoisotopic (exact) mass is 445 g/mol. The largest absolute Gasteiger partial charge is 0.493 e. The summed E-state index contributed by atoms with van der Waals surface area (Å²) in [7, 11) is 0. The van der Waals surface area contributed by atoms with Crippen LogP contribution in [0.4, 0.5) is 5.69 Å². The first-order valence-corrected chi connectivity index (χ1v) is 11.3. The summed E-state index contributed by atoms with van der Waals surface area (Å²) in [6.07, 6.45) is 1.28. The number of nitrogens with one attached hydrogen (secondary N) is 1. The quantitative estimate of drug-likeness (QED) is 0.489. The Hall–Kier alpha value is -3.65. The Morgan fingerprint density at radius 1 is 1.12 bits per heavy atom. The summed E-state index contributed by atoms with van der Waals surface area (Å²) in [5.74, 6) is 1.11. The van der Waals surface area contributed by atoms with Crippen LogP contribution >= 0.6 is 0 Å². The van der Waals surface area contributed by atoms with Gasteiger partial charge >= 0.3 is 0 Å². The Balaban J connectivity index is 1.59. The molecule has 0 aliphatic carbocycles. The number of hydrogen-bond donors (Lipinski definition) is 2. The maximum Gasteiger partial charge on any atom is 0.277 e. The Kier molecular flexibility index (Phi) is 5.60. The van der Waals surface area contributed by atoms with E-state index in [2.05, 4.69) is 15.0 Å². The fourth-order valence-electron chi connectivity index (χ4n) is 4.35. The molecule has 170 valence electrons. The topological polar surface area (TPSA) is 96.3 Å². The fourth-order valence-corrected chi connectivity index (χ4v) is 4.35. The van der Waals surface area contributed by atoms with Gasteiger partial charge in [0.2, 0.25) is 0 Å². The second kappa shape index (κ2) is 8.71. The number of hydrogen-bond acceptors (Lipinski definition) is 6. The average Bonchev–Trinajstić information content (AvgIpc) is 3.17. The Bertz CT molecular complexity index is 1340. The van der Waals surface area contributed by atoms with Crippen LogP contribution in [0.5, 0.6) is 5.75 Å². The molecule has 4 aromatic rings. The van der Waals surface area contributed by atoms with Gasteiger partial charge in [0.05, 0.1) is 29.7 Å². The van der Waals surface area contributed by atoms with Gasteiger partial charge in [-0.05, 0) is 51.0 Å². The number of fused-ring (bicyclic) bond motifs is 1. The van der Waals surface area contributed by atoms with Gasteiger partial charge in [-0.1, -0.05) is 18.2 Å². The summed E-state index contributed by atoms with van der Waals surface area (Å²) in [4.78, 5) is 23.1. The number of aliphatic hydroxyl groups is 1. The van der Waals surface area contributed by atoms with E-state index in [9.17, 15) is 9.90 Å². The van der Waals surface area contributed by atoms with Crippen molar-refractivity contribution in [2.45, 2.75) is 32.8 Å². The maximum absolute atomic E-state index is 13.2. The fraction of sp³-hybridized carbons (Fsp3) is 0.320. The number of ether oxygens (including phenoxy) is 1. The first-order chi connectivity index (χ1) is 16.0. The Labute approximate surface area is 191 Å². The lowest BCUT2D eigenvalue weighted by atomic mass is 10.1. The van der Waals surface area contributed by atoms with Gasteiger partial charge in [-0.2, -0.15) is 5.10 Å². The van der Waals surface area contributed by atoms with Crippen LogP contribution in [0.25, 0.3) is 28.1 Å². The molecule has 1 aliphatic heterocycles. The van der Waals surface area contributed by atoms with Crippen LogP contribution in [0.3, 0.4) is 0 Å². The number of H-pyrrole nitrogens is 1. The van der Waals surface area contributed by atoms with Gasteiger partial charge in [-0.15, -0.1) is 0 Å². The third kappa shape index (κ3) is 3.98. The van der Waals surface area contributed by atoms with E-state index in [0.29, 0.717) is 34.9 Å². The molecule has 0 radical (unpaired) electrons. The van der Waals surface area contributed by atoms with Crippen molar-refractivity contribution in [3.63, 3.8) is 0 Å². The minimum Gasteiger partial charge on any atom is -0.493 e. The van der Waals surface area contributed by atoms with Crippen LogP contribution < -0.4 is 15.2 Å². The van der Waals surface area contributed by atoms with E-state index in [1.54, 1.807) is 4.68 Å². The number of rotatable bonds is 5. The number of para-hydroxylation sites is 1. The normalized spacial score (nSPS) is 14.7. The minimum absolute atomic E-state index is 0.229. The molecule has 0 unspecified atom stereocenters. The van der Waals surface area contributed by atoms with Gasteiger partial charge in [0, 0.05) is 24.8 Å². The number of aromatic amines is 1. The lowest BCUT2D eigenvalue weighted by molar-refractivity contribution is 0.145. The van der Waals surface area contributed by atoms with E-state index < -0.39 is 0 Å². The number of aryl methyl sites for hydroxylation is 1. The summed E-state index contributed by atoms with van der Waals surface area (Å²) < 4.78 is 7.58. The van der Waals surface area contributed by atoms with E-state index >= 15 is 0 Å². The lowest BCUT2D eigenvalue weighted by Crippen LogP contribution is -2.35. The number of anilines is 1. The Morgan fingerprint density at radius 2 is 1.88 bits per heavy atom. The van der Waals surface area contributed by atoms with E-state index in [4.69, 9.17) is 9.72 Å². The number of aromatic nitrogens is 4. The molecule has 8 heteroatoms. The summed E-state index contributed by atoms with van der Waals surface area (Å²) in [5.41, 5.74) is 3.98. The van der Waals surface area contributed by atoms with Gasteiger partial charge in [-0.25, -0.2) is 9.67 Å². The van der Waals surface area contributed by atoms with Crippen LogP contribution in [-0.4, -0.2) is 50.7 Å². The number of aliphatic hydroxyl groups excluding tert-OH is 1. The molecule has 0 amide bonds. The summed E-state index contributed by atoms with van der Waals surface area (Å²) >= 11 is 0. The standard InChI is InChI=1S/C25H27N5O3/c1-3-33-21-15-18(29-13-11-19(31)12-14-29)9-10-20(21)24-26-22-16(2)28-30(23(22)25(32)27-24)17-7-5-4-6-8-17/h4-10,15,19,31H,3,11-14H2,1-2H3,(H,26,27,32). The number of benzene rings is 2. The van der Waals surface area contributed by atoms with Crippen LogP contribution in [0.2, 0.25) is 0 Å². The second-order valence-corrected chi connectivity index (χ2v) is 8.28. The number of piperidine rings is 1. The lowest BCUT2D eigenvalue weighted by Gasteiger charge is -2.31.